The number of aromatic nitrogens is 4. The second-order valence-electron chi connectivity index (χ2n) is 4.04. The Kier molecular flexibility index (Phi) is 2.75. The van der Waals surface area contributed by atoms with E-state index in [0.717, 1.165) is 15.8 Å². The lowest BCUT2D eigenvalue weighted by Gasteiger charge is -2.06. The van der Waals surface area contributed by atoms with E-state index in [0.29, 0.717) is 11.4 Å². The highest BCUT2D eigenvalue weighted by Crippen LogP contribution is 2.23. The zero-order valence-corrected chi connectivity index (χ0v) is 11.1. The molecule has 0 fully saturated rings. The first kappa shape index (κ1) is 11.8. The minimum atomic E-state index is -0.420. The Hall–Kier alpha value is -2.28. The summed E-state index contributed by atoms with van der Waals surface area (Å²) in [5.74, 6) is -0.0168. The van der Waals surface area contributed by atoms with Crippen LogP contribution in [0.4, 0.5) is 0 Å². The van der Waals surface area contributed by atoms with Crippen molar-refractivity contribution < 1.29 is 9.53 Å². The smallest absolute Gasteiger partial charge is 0.345 e. The lowest BCUT2D eigenvalue weighted by Crippen LogP contribution is -2.12. The highest BCUT2D eigenvalue weighted by Gasteiger charge is 2.16. The molecule has 3 aromatic rings. The topological polar surface area (TPSA) is 69.9 Å². The Morgan fingerprint density at radius 3 is 2.95 bits per heavy atom. The van der Waals surface area contributed by atoms with Gasteiger partial charge in [0.25, 0.3) is 0 Å². The van der Waals surface area contributed by atoms with E-state index < -0.39 is 5.97 Å². The van der Waals surface area contributed by atoms with Gasteiger partial charge < -0.3 is 4.74 Å². The van der Waals surface area contributed by atoms with E-state index in [4.69, 9.17) is 4.74 Å². The number of rotatable bonds is 2. The standard InChI is InChI=1S/C12H10N4O2S/c1-7-8(3-4-9-11(7)14-15-19-9)12(17)18-10-5-6-13-16(10)2/h3-6H,1-2H3. The van der Waals surface area contributed by atoms with Crippen molar-refractivity contribution in [2.75, 3.05) is 0 Å². The number of aryl methyl sites for hydroxylation is 2. The molecule has 0 amide bonds. The number of hydrogen-bond acceptors (Lipinski definition) is 6. The van der Waals surface area contributed by atoms with Crippen molar-refractivity contribution in [1.29, 1.82) is 0 Å². The first-order chi connectivity index (χ1) is 9.16. The molecule has 3 rings (SSSR count). The molecule has 1 aromatic carbocycles. The molecule has 2 aromatic heterocycles. The Bertz CT molecular complexity index is 762. The van der Waals surface area contributed by atoms with Crippen molar-refractivity contribution in [3.05, 3.63) is 35.5 Å². The van der Waals surface area contributed by atoms with E-state index in [-0.39, 0.29) is 0 Å². The maximum atomic E-state index is 12.1. The molecule has 0 aliphatic heterocycles. The zero-order valence-electron chi connectivity index (χ0n) is 10.3. The van der Waals surface area contributed by atoms with Gasteiger partial charge in [0.15, 0.2) is 0 Å². The van der Waals surface area contributed by atoms with Gasteiger partial charge in [0.1, 0.15) is 5.52 Å². The maximum absolute atomic E-state index is 12.1. The lowest BCUT2D eigenvalue weighted by atomic mass is 10.1. The van der Waals surface area contributed by atoms with E-state index in [9.17, 15) is 4.79 Å². The SMILES string of the molecule is Cc1c(C(=O)Oc2ccnn2C)ccc2snnc12. The fourth-order valence-corrected chi connectivity index (χ4v) is 2.43. The molecule has 2 heterocycles. The summed E-state index contributed by atoms with van der Waals surface area (Å²) < 4.78 is 11.6. The molecular weight excluding hydrogens is 264 g/mol. The predicted octanol–water partition coefficient (Wildman–Crippen LogP) is 1.95. The van der Waals surface area contributed by atoms with Crippen molar-refractivity contribution in [2.45, 2.75) is 6.92 Å². The van der Waals surface area contributed by atoms with Crippen molar-refractivity contribution in [3.8, 4) is 5.88 Å². The number of benzene rings is 1. The van der Waals surface area contributed by atoms with Crippen LogP contribution >= 0.6 is 11.5 Å². The average Bonchev–Trinajstić information content (AvgIpc) is 3.00. The van der Waals surface area contributed by atoms with E-state index >= 15 is 0 Å². The summed E-state index contributed by atoms with van der Waals surface area (Å²) in [5, 5.41) is 7.97. The molecule has 0 aliphatic carbocycles. The second-order valence-corrected chi connectivity index (χ2v) is 4.83. The van der Waals surface area contributed by atoms with Gasteiger partial charge in [-0.1, -0.05) is 4.49 Å². The summed E-state index contributed by atoms with van der Waals surface area (Å²) in [6.07, 6.45) is 1.57. The Labute approximate surface area is 112 Å². The lowest BCUT2D eigenvalue weighted by molar-refractivity contribution is 0.0719. The highest BCUT2D eigenvalue weighted by molar-refractivity contribution is 7.12. The van der Waals surface area contributed by atoms with Crippen molar-refractivity contribution in [2.24, 2.45) is 7.05 Å². The van der Waals surface area contributed by atoms with E-state index in [1.54, 1.807) is 25.4 Å². The van der Waals surface area contributed by atoms with Gasteiger partial charge in [-0.25, -0.2) is 9.48 Å². The minimum absolute atomic E-state index is 0.404. The summed E-state index contributed by atoms with van der Waals surface area (Å²) in [7, 11) is 1.71. The van der Waals surface area contributed by atoms with Crippen molar-refractivity contribution in [1.82, 2.24) is 19.4 Å². The minimum Gasteiger partial charge on any atom is -0.404 e. The number of fused-ring (bicyclic) bond motifs is 1. The molecule has 0 bridgehead atoms. The van der Waals surface area contributed by atoms with Crippen molar-refractivity contribution >= 4 is 27.7 Å². The Balaban J connectivity index is 1.97. The molecule has 0 spiro atoms. The summed E-state index contributed by atoms with van der Waals surface area (Å²) >= 11 is 1.30. The van der Waals surface area contributed by atoms with Crippen LogP contribution in [-0.4, -0.2) is 25.3 Å². The summed E-state index contributed by atoms with van der Waals surface area (Å²) in [4.78, 5) is 12.1. The van der Waals surface area contributed by atoms with Crippen LogP contribution in [0.2, 0.25) is 0 Å². The Morgan fingerprint density at radius 1 is 1.37 bits per heavy atom. The van der Waals surface area contributed by atoms with Crippen LogP contribution in [0.3, 0.4) is 0 Å². The molecule has 19 heavy (non-hydrogen) atoms. The van der Waals surface area contributed by atoms with E-state index in [2.05, 4.69) is 14.7 Å². The summed E-state index contributed by atoms with van der Waals surface area (Å²) in [6.45, 7) is 1.84. The first-order valence-corrected chi connectivity index (χ1v) is 6.36. The number of ether oxygens (including phenoxy) is 1. The van der Waals surface area contributed by atoms with Gasteiger partial charge in [-0.3, -0.25) is 0 Å². The first-order valence-electron chi connectivity index (χ1n) is 5.58. The van der Waals surface area contributed by atoms with Gasteiger partial charge in [-0.2, -0.15) is 5.10 Å². The molecular formula is C12H10N4O2S. The van der Waals surface area contributed by atoms with Crippen LogP contribution in [0, 0.1) is 6.92 Å². The number of carbonyl (C=O) groups excluding carboxylic acids is 1. The summed E-state index contributed by atoms with van der Waals surface area (Å²) in [5.41, 5.74) is 2.00. The fraction of sp³-hybridized carbons (Fsp3) is 0.167. The van der Waals surface area contributed by atoms with Crippen molar-refractivity contribution in [3.63, 3.8) is 0 Å². The third-order valence-electron chi connectivity index (χ3n) is 2.87. The monoisotopic (exact) mass is 274 g/mol. The number of esters is 1. The van der Waals surface area contributed by atoms with Crippen LogP contribution in [-0.2, 0) is 7.05 Å². The zero-order chi connectivity index (χ0) is 13.4. The van der Waals surface area contributed by atoms with Gasteiger partial charge in [0, 0.05) is 13.1 Å². The Morgan fingerprint density at radius 2 is 2.21 bits per heavy atom. The average molecular weight is 274 g/mol. The number of carbonyl (C=O) groups is 1. The molecule has 7 heteroatoms. The third kappa shape index (κ3) is 1.97. The largest absolute Gasteiger partial charge is 0.404 e. The van der Waals surface area contributed by atoms with E-state index in [1.807, 2.05) is 13.0 Å². The van der Waals surface area contributed by atoms with Gasteiger partial charge >= 0.3 is 5.97 Å². The van der Waals surface area contributed by atoms with Gasteiger partial charge in [-0.15, -0.1) is 5.10 Å². The molecule has 96 valence electrons. The van der Waals surface area contributed by atoms with E-state index in [1.165, 1.54) is 16.2 Å². The van der Waals surface area contributed by atoms with Crippen LogP contribution in [0.25, 0.3) is 10.2 Å². The predicted molar refractivity (Wildman–Crippen MR) is 70.3 cm³/mol. The molecule has 0 aliphatic rings. The molecule has 0 atom stereocenters. The van der Waals surface area contributed by atoms with Crippen LogP contribution in [0.1, 0.15) is 15.9 Å². The summed E-state index contributed by atoms with van der Waals surface area (Å²) in [6, 6.07) is 5.19. The second kappa shape index (κ2) is 4.43. The normalized spacial score (nSPS) is 10.8. The molecule has 0 unspecified atom stereocenters. The van der Waals surface area contributed by atoms with Gasteiger partial charge in [0.2, 0.25) is 5.88 Å². The highest BCUT2D eigenvalue weighted by atomic mass is 32.1. The fourth-order valence-electron chi connectivity index (χ4n) is 1.81. The van der Waals surface area contributed by atoms with Crippen LogP contribution < -0.4 is 4.74 Å². The molecule has 0 saturated carbocycles. The van der Waals surface area contributed by atoms with Crippen LogP contribution in [0.5, 0.6) is 5.88 Å². The van der Waals surface area contributed by atoms with Gasteiger partial charge in [-0.05, 0) is 36.2 Å². The van der Waals surface area contributed by atoms with Crippen LogP contribution in [0.15, 0.2) is 24.4 Å². The quantitative estimate of drug-likeness (QED) is 0.668. The number of nitrogens with zero attached hydrogens (tertiary/aromatic N) is 4. The van der Waals surface area contributed by atoms with Gasteiger partial charge in [0.05, 0.1) is 16.5 Å². The molecule has 0 saturated heterocycles. The number of hydrogen-bond donors (Lipinski definition) is 0. The molecule has 6 nitrogen and oxygen atoms in total. The third-order valence-corrected chi connectivity index (χ3v) is 3.56. The molecule has 0 N–H and O–H groups in total. The molecule has 0 radical (unpaired) electrons. The maximum Gasteiger partial charge on any atom is 0.345 e.